The molecule has 1 aliphatic rings. The molecule has 0 aromatic carbocycles. The summed E-state index contributed by atoms with van der Waals surface area (Å²) < 4.78 is 5.52. The van der Waals surface area contributed by atoms with E-state index in [0.717, 1.165) is 18.6 Å². The summed E-state index contributed by atoms with van der Waals surface area (Å²) in [5, 5.41) is 0. The molecule has 0 radical (unpaired) electrons. The molecule has 0 aromatic heterocycles. The highest BCUT2D eigenvalue weighted by Crippen LogP contribution is 2.20. The van der Waals surface area contributed by atoms with Crippen LogP contribution in [0.5, 0.6) is 0 Å². The van der Waals surface area contributed by atoms with Crippen LogP contribution in [0.1, 0.15) is 97.3 Å². The van der Waals surface area contributed by atoms with Crippen molar-refractivity contribution in [1.82, 2.24) is 0 Å². The van der Waals surface area contributed by atoms with Crippen molar-refractivity contribution in [2.24, 2.45) is 5.92 Å². The van der Waals surface area contributed by atoms with Crippen molar-refractivity contribution in [3.63, 3.8) is 0 Å². The first-order chi connectivity index (χ1) is 10.2. The van der Waals surface area contributed by atoms with Crippen LogP contribution >= 0.6 is 0 Å². The second kappa shape index (κ2) is 11.8. The fraction of sp³-hybridized carbons (Fsp3) is 0.842. The van der Waals surface area contributed by atoms with E-state index in [-0.39, 0.29) is 5.97 Å². The molecular weight excluding hydrogens is 260 g/mol. The lowest BCUT2D eigenvalue weighted by Crippen LogP contribution is -2.04. The molecule has 1 rings (SSSR count). The fourth-order valence-electron chi connectivity index (χ4n) is 2.97. The van der Waals surface area contributed by atoms with Gasteiger partial charge in [-0.15, -0.1) is 0 Å². The van der Waals surface area contributed by atoms with Gasteiger partial charge in [-0.25, -0.2) is 0 Å². The highest BCUT2D eigenvalue weighted by molar-refractivity contribution is 5.70. The topological polar surface area (TPSA) is 26.3 Å². The summed E-state index contributed by atoms with van der Waals surface area (Å²) >= 11 is 0. The molecular formula is C19H34O2. The molecule has 0 spiro atoms. The van der Waals surface area contributed by atoms with E-state index in [0.29, 0.717) is 12.3 Å². The van der Waals surface area contributed by atoms with Gasteiger partial charge >= 0.3 is 5.97 Å². The summed E-state index contributed by atoms with van der Waals surface area (Å²) in [5.74, 6) is 1.35. The van der Waals surface area contributed by atoms with Gasteiger partial charge in [0.2, 0.25) is 0 Å². The molecule has 0 aromatic rings. The first kappa shape index (κ1) is 18.3. The summed E-state index contributed by atoms with van der Waals surface area (Å²) in [6, 6.07) is 0. The Morgan fingerprint density at radius 1 is 1.00 bits per heavy atom. The summed E-state index contributed by atoms with van der Waals surface area (Å²) in [4.78, 5) is 11.5. The van der Waals surface area contributed by atoms with Crippen molar-refractivity contribution in [2.75, 3.05) is 0 Å². The monoisotopic (exact) mass is 294 g/mol. The Kier molecular flexibility index (Phi) is 10.3. The minimum atomic E-state index is -0.0913. The highest BCUT2D eigenvalue weighted by atomic mass is 16.5. The molecule has 0 bridgehead atoms. The van der Waals surface area contributed by atoms with Crippen LogP contribution in [-0.4, -0.2) is 5.97 Å². The first-order valence-electron chi connectivity index (χ1n) is 9.13. The Morgan fingerprint density at radius 3 is 2.10 bits per heavy atom. The molecule has 1 atom stereocenters. The molecule has 0 N–H and O–H groups in total. The lowest BCUT2D eigenvalue weighted by Gasteiger charge is -2.12. The first-order valence-corrected chi connectivity index (χ1v) is 9.13. The SMILES string of the molecule is CCC(=O)O/C1=C/[C@H](C)CCCCCCCCCCCC1. The van der Waals surface area contributed by atoms with Crippen LogP contribution in [0, 0.1) is 5.92 Å². The van der Waals surface area contributed by atoms with Gasteiger partial charge in [0.1, 0.15) is 5.76 Å². The molecule has 2 heteroatoms. The average Bonchev–Trinajstić information content (AvgIpc) is 2.47. The van der Waals surface area contributed by atoms with E-state index in [9.17, 15) is 4.79 Å². The number of allylic oxidation sites excluding steroid dienone is 2. The second-order valence-electron chi connectivity index (χ2n) is 6.51. The van der Waals surface area contributed by atoms with Crippen molar-refractivity contribution < 1.29 is 9.53 Å². The van der Waals surface area contributed by atoms with Crippen molar-refractivity contribution in [3.8, 4) is 0 Å². The van der Waals surface area contributed by atoms with Crippen LogP contribution in [0.25, 0.3) is 0 Å². The largest absolute Gasteiger partial charge is 0.431 e. The molecule has 0 heterocycles. The summed E-state index contributed by atoms with van der Waals surface area (Å²) in [5.41, 5.74) is 0. The molecule has 2 nitrogen and oxygen atoms in total. The maximum atomic E-state index is 11.5. The van der Waals surface area contributed by atoms with Crippen molar-refractivity contribution in [1.29, 1.82) is 0 Å². The van der Waals surface area contributed by atoms with Crippen LogP contribution in [-0.2, 0) is 9.53 Å². The average molecular weight is 294 g/mol. The van der Waals surface area contributed by atoms with Crippen molar-refractivity contribution >= 4 is 5.97 Å². The van der Waals surface area contributed by atoms with Gasteiger partial charge < -0.3 is 4.74 Å². The van der Waals surface area contributed by atoms with Crippen LogP contribution in [0.2, 0.25) is 0 Å². The summed E-state index contributed by atoms with van der Waals surface area (Å²) in [6.07, 6.45) is 18.1. The van der Waals surface area contributed by atoms with Crippen LogP contribution in [0.3, 0.4) is 0 Å². The molecule has 0 saturated carbocycles. The van der Waals surface area contributed by atoms with Crippen LogP contribution in [0.4, 0.5) is 0 Å². The van der Waals surface area contributed by atoms with Gasteiger partial charge in [0.05, 0.1) is 0 Å². The van der Waals surface area contributed by atoms with Crippen LogP contribution < -0.4 is 0 Å². The Hall–Kier alpha value is -0.790. The Labute approximate surface area is 131 Å². The molecule has 0 saturated heterocycles. The molecule has 0 fully saturated rings. The zero-order valence-electron chi connectivity index (χ0n) is 14.2. The lowest BCUT2D eigenvalue weighted by atomic mass is 10.0. The van der Waals surface area contributed by atoms with Gasteiger partial charge in [0.15, 0.2) is 0 Å². The predicted octanol–water partition coefficient (Wildman–Crippen LogP) is 6.15. The van der Waals surface area contributed by atoms with Gasteiger partial charge in [-0.05, 0) is 24.8 Å². The number of hydrogen-bond acceptors (Lipinski definition) is 2. The summed E-state index contributed by atoms with van der Waals surface area (Å²) in [7, 11) is 0. The maximum Gasteiger partial charge on any atom is 0.310 e. The number of hydrogen-bond donors (Lipinski definition) is 0. The van der Waals surface area contributed by atoms with Crippen LogP contribution in [0.15, 0.2) is 11.8 Å². The van der Waals surface area contributed by atoms with Gasteiger partial charge in [-0.1, -0.05) is 71.6 Å². The van der Waals surface area contributed by atoms with E-state index in [2.05, 4.69) is 13.0 Å². The van der Waals surface area contributed by atoms with Gasteiger partial charge in [-0.3, -0.25) is 4.79 Å². The van der Waals surface area contributed by atoms with Gasteiger partial charge in [0, 0.05) is 12.8 Å². The Morgan fingerprint density at radius 2 is 1.52 bits per heavy atom. The number of carbonyl (C=O) groups excluding carboxylic acids is 1. The third kappa shape index (κ3) is 9.71. The molecule has 0 aliphatic heterocycles. The third-order valence-corrected chi connectivity index (χ3v) is 4.34. The Bertz CT molecular complexity index is 307. The van der Waals surface area contributed by atoms with Gasteiger partial charge in [0.25, 0.3) is 0 Å². The standard InChI is InChI=1S/C19H34O2/c1-3-19(20)21-18-15-13-11-9-7-5-4-6-8-10-12-14-17(2)16-18/h16-17H,3-15H2,1-2H3/b18-16+/t17-/m1/s1. The van der Waals surface area contributed by atoms with Crippen molar-refractivity contribution in [3.05, 3.63) is 11.8 Å². The number of rotatable bonds is 2. The predicted molar refractivity (Wildman–Crippen MR) is 89.0 cm³/mol. The Balaban J connectivity index is 2.52. The molecule has 21 heavy (non-hydrogen) atoms. The molecule has 0 amide bonds. The van der Waals surface area contributed by atoms with E-state index in [1.807, 2.05) is 6.92 Å². The third-order valence-electron chi connectivity index (χ3n) is 4.34. The molecule has 1 aliphatic carbocycles. The van der Waals surface area contributed by atoms with E-state index < -0.39 is 0 Å². The summed E-state index contributed by atoms with van der Waals surface area (Å²) in [6.45, 7) is 4.11. The van der Waals surface area contributed by atoms with E-state index >= 15 is 0 Å². The molecule has 0 unspecified atom stereocenters. The zero-order valence-corrected chi connectivity index (χ0v) is 14.2. The van der Waals surface area contributed by atoms with E-state index in [1.54, 1.807) is 0 Å². The second-order valence-corrected chi connectivity index (χ2v) is 6.51. The number of carbonyl (C=O) groups is 1. The lowest BCUT2D eigenvalue weighted by molar-refractivity contribution is -0.139. The van der Waals surface area contributed by atoms with E-state index in [1.165, 1.54) is 64.2 Å². The van der Waals surface area contributed by atoms with Crippen molar-refractivity contribution in [2.45, 2.75) is 97.3 Å². The zero-order chi connectivity index (χ0) is 15.3. The van der Waals surface area contributed by atoms with E-state index in [4.69, 9.17) is 4.74 Å². The molecule has 122 valence electrons. The number of ether oxygens (including phenoxy) is 1. The fourth-order valence-corrected chi connectivity index (χ4v) is 2.97. The minimum absolute atomic E-state index is 0.0913. The number of esters is 1. The minimum Gasteiger partial charge on any atom is -0.431 e. The highest BCUT2D eigenvalue weighted by Gasteiger charge is 2.08. The quantitative estimate of drug-likeness (QED) is 0.570. The normalized spacial score (nSPS) is 26.0. The maximum absolute atomic E-state index is 11.5. The smallest absolute Gasteiger partial charge is 0.310 e. The van der Waals surface area contributed by atoms with Gasteiger partial charge in [-0.2, -0.15) is 0 Å².